The van der Waals surface area contributed by atoms with Gasteiger partial charge in [-0.3, -0.25) is 0 Å². The maximum atomic E-state index is 10.5. The van der Waals surface area contributed by atoms with E-state index in [0.717, 1.165) is 31.0 Å². The Hall–Kier alpha value is -1.43. The molecule has 0 heterocycles. The Morgan fingerprint density at radius 3 is 1.77 bits per heavy atom. The van der Waals surface area contributed by atoms with Gasteiger partial charge in [-0.1, -0.05) is 12.8 Å². The van der Waals surface area contributed by atoms with Crippen molar-refractivity contribution < 1.29 is 46.0 Å². The first kappa shape index (κ1) is 20.6. The number of carboxylic acids is 2. The SMILES string of the molecule is NC1CCCCC1N.O=C(O)c1ccc(O)cc1C(=O)O.[Pt]. The maximum absolute atomic E-state index is 10.5. The Kier molecular flexibility index (Phi) is 8.94. The van der Waals surface area contributed by atoms with Crippen LogP contribution in [0, 0.1) is 0 Å². The molecule has 2 atom stereocenters. The number of carbonyl (C=O) groups is 2. The summed E-state index contributed by atoms with van der Waals surface area (Å²) in [6.45, 7) is 0. The van der Waals surface area contributed by atoms with E-state index in [2.05, 4.69) is 0 Å². The normalized spacial score (nSPS) is 20.1. The summed E-state index contributed by atoms with van der Waals surface area (Å²) in [6, 6.07) is 3.62. The zero-order valence-electron chi connectivity index (χ0n) is 11.8. The van der Waals surface area contributed by atoms with Crippen LogP contribution < -0.4 is 11.5 Å². The molecule has 7 N–H and O–H groups in total. The summed E-state index contributed by atoms with van der Waals surface area (Å²) in [4.78, 5) is 21.0. The monoisotopic (exact) mass is 491 g/mol. The van der Waals surface area contributed by atoms with Gasteiger partial charge in [0.1, 0.15) is 5.75 Å². The summed E-state index contributed by atoms with van der Waals surface area (Å²) in [5.41, 5.74) is 10.5. The fourth-order valence-electron chi connectivity index (χ4n) is 2.08. The van der Waals surface area contributed by atoms with Gasteiger partial charge < -0.3 is 26.8 Å². The van der Waals surface area contributed by atoms with E-state index in [9.17, 15) is 9.59 Å². The predicted octanol–water partition coefficient (Wildman–Crippen LogP) is 1.00. The van der Waals surface area contributed by atoms with Crippen molar-refractivity contribution in [2.45, 2.75) is 37.8 Å². The molecule has 1 fully saturated rings. The molecule has 1 aromatic carbocycles. The third-order valence-corrected chi connectivity index (χ3v) is 3.34. The van der Waals surface area contributed by atoms with Crippen LogP contribution in [0.5, 0.6) is 5.75 Å². The van der Waals surface area contributed by atoms with Crippen molar-refractivity contribution in [2.24, 2.45) is 11.5 Å². The second-order valence-corrected chi connectivity index (χ2v) is 4.95. The fourth-order valence-corrected chi connectivity index (χ4v) is 2.08. The van der Waals surface area contributed by atoms with Crippen molar-refractivity contribution in [1.29, 1.82) is 0 Å². The average molecular weight is 491 g/mol. The second-order valence-electron chi connectivity index (χ2n) is 4.95. The first-order valence-electron chi connectivity index (χ1n) is 6.63. The maximum Gasteiger partial charge on any atom is 0.336 e. The van der Waals surface area contributed by atoms with E-state index >= 15 is 0 Å². The summed E-state index contributed by atoms with van der Waals surface area (Å²) >= 11 is 0. The molecule has 1 aromatic rings. The molecule has 2 rings (SSSR count). The van der Waals surface area contributed by atoms with Crippen LogP contribution in [0.25, 0.3) is 0 Å². The molecule has 1 saturated carbocycles. The standard InChI is InChI=1S/C8H6O5.C6H14N2.Pt/c9-4-1-2-5(7(10)11)6(3-4)8(12)13;7-5-3-1-2-4-6(5)8;/h1-3,9H,(H,10,11)(H,12,13);5-6H,1-4,7-8H2;. The van der Waals surface area contributed by atoms with Gasteiger partial charge in [-0.25, -0.2) is 9.59 Å². The minimum Gasteiger partial charge on any atom is -0.508 e. The molecule has 0 aromatic heterocycles. The van der Waals surface area contributed by atoms with Gasteiger partial charge in [-0.05, 0) is 31.0 Å². The molecular formula is C14H20N2O5Pt. The van der Waals surface area contributed by atoms with E-state index in [0.29, 0.717) is 0 Å². The van der Waals surface area contributed by atoms with E-state index in [1.165, 1.54) is 12.8 Å². The Bertz CT molecular complexity index is 514. The van der Waals surface area contributed by atoms with Gasteiger partial charge in [0.15, 0.2) is 0 Å². The van der Waals surface area contributed by atoms with E-state index < -0.39 is 17.5 Å². The van der Waals surface area contributed by atoms with Crippen molar-refractivity contribution >= 4 is 11.9 Å². The van der Waals surface area contributed by atoms with E-state index in [1.807, 2.05) is 0 Å². The van der Waals surface area contributed by atoms with Crippen LogP contribution >= 0.6 is 0 Å². The molecule has 8 heteroatoms. The van der Waals surface area contributed by atoms with Crippen LogP contribution in [0.15, 0.2) is 18.2 Å². The molecule has 1 aliphatic carbocycles. The van der Waals surface area contributed by atoms with E-state index in [4.69, 9.17) is 26.8 Å². The fraction of sp³-hybridized carbons (Fsp3) is 0.429. The molecule has 0 radical (unpaired) electrons. The number of rotatable bonds is 2. The van der Waals surface area contributed by atoms with Crippen LogP contribution in [0.4, 0.5) is 0 Å². The molecule has 126 valence electrons. The molecule has 2 unspecified atom stereocenters. The van der Waals surface area contributed by atoms with Crippen LogP contribution in [-0.4, -0.2) is 39.3 Å². The topological polar surface area (TPSA) is 147 Å². The summed E-state index contributed by atoms with van der Waals surface area (Å²) in [6.07, 6.45) is 4.80. The third kappa shape index (κ3) is 6.13. The van der Waals surface area contributed by atoms with Gasteiger partial charge in [0.2, 0.25) is 0 Å². The van der Waals surface area contributed by atoms with Crippen molar-refractivity contribution in [1.82, 2.24) is 0 Å². The molecule has 22 heavy (non-hydrogen) atoms. The molecule has 1 aliphatic rings. The molecule has 0 aliphatic heterocycles. The number of phenolic OH excluding ortho intramolecular Hbond substituents is 1. The van der Waals surface area contributed by atoms with Crippen molar-refractivity contribution in [3.63, 3.8) is 0 Å². The number of aromatic hydroxyl groups is 1. The van der Waals surface area contributed by atoms with Gasteiger partial charge in [-0.2, -0.15) is 0 Å². The van der Waals surface area contributed by atoms with Gasteiger partial charge >= 0.3 is 11.9 Å². The summed E-state index contributed by atoms with van der Waals surface area (Å²) in [5.74, 6) is -2.99. The minimum atomic E-state index is -1.38. The molecule has 0 spiro atoms. The largest absolute Gasteiger partial charge is 0.508 e. The minimum absolute atomic E-state index is 0. The van der Waals surface area contributed by atoms with E-state index in [-0.39, 0.29) is 44.5 Å². The Morgan fingerprint density at radius 2 is 1.41 bits per heavy atom. The number of aromatic carboxylic acids is 2. The van der Waals surface area contributed by atoms with Gasteiger partial charge in [0, 0.05) is 33.1 Å². The van der Waals surface area contributed by atoms with Gasteiger partial charge in [0.05, 0.1) is 11.1 Å². The zero-order valence-corrected chi connectivity index (χ0v) is 14.1. The van der Waals surface area contributed by atoms with Crippen LogP contribution in [0.3, 0.4) is 0 Å². The van der Waals surface area contributed by atoms with Gasteiger partial charge in [-0.15, -0.1) is 0 Å². The van der Waals surface area contributed by atoms with Gasteiger partial charge in [0.25, 0.3) is 0 Å². The number of hydrogen-bond acceptors (Lipinski definition) is 5. The number of carboxylic acid groups (broad SMARTS) is 2. The number of nitrogens with two attached hydrogens (primary N) is 2. The number of phenols is 1. The Balaban J connectivity index is 0.000000423. The Labute approximate surface area is 142 Å². The number of benzene rings is 1. The molecule has 0 saturated heterocycles. The Morgan fingerprint density at radius 1 is 0.955 bits per heavy atom. The summed E-state index contributed by atoms with van der Waals surface area (Å²) < 4.78 is 0. The zero-order chi connectivity index (χ0) is 16.0. The van der Waals surface area contributed by atoms with Crippen LogP contribution in [0.1, 0.15) is 46.4 Å². The first-order chi connectivity index (χ1) is 9.82. The molecule has 0 amide bonds. The van der Waals surface area contributed by atoms with E-state index in [1.54, 1.807) is 0 Å². The predicted molar refractivity (Wildman–Crippen MR) is 76.4 cm³/mol. The summed E-state index contributed by atoms with van der Waals surface area (Å²) in [7, 11) is 0. The van der Waals surface area contributed by atoms with Crippen molar-refractivity contribution in [3.05, 3.63) is 29.3 Å². The molecule has 7 nitrogen and oxygen atoms in total. The number of hydrogen-bond donors (Lipinski definition) is 5. The van der Waals surface area contributed by atoms with Crippen LogP contribution in [0.2, 0.25) is 0 Å². The first-order valence-corrected chi connectivity index (χ1v) is 6.63. The average Bonchev–Trinajstić information content (AvgIpc) is 2.42. The molecule has 0 bridgehead atoms. The van der Waals surface area contributed by atoms with Crippen molar-refractivity contribution in [2.75, 3.05) is 0 Å². The van der Waals surface area contributed by atoms with Crippen molar-refractivity contribution in [3.8, 4) is 5.75 Å². The van der Waals surface area contributed by atoms with Crippen LogP contribution in [-0.2, 0) is 21.1 Å². The quantitative estimate of drug-likeness (QED) is 0.415. The second kappa shape index (κ2) is 9.56. The summed E-state index contributed by atoms with van der Waals surface area (Å²) in [5, 5.41) is 26.0. The third-order valence-electron chi connectivity index (χ3n) is 3.34. The smallest absolute Gasteiger partial charge is 0.336 e. The molecular weight excluding hydrogens is 471 g/mol.